The van der Waals surface area contributed by atoms with E-state index in [9.17, 15) is 9.90 Å². The van der Waals surface area contributed by atoms with Crippen molar-refractivity contribution in [2.45, 2.75) is 38.8 Å². The van der Waals surface area contributed by atoms with Gasteiger partial charge in [0.05, 0.1) is 18.8 Å². The van der Waals surface area contributed by atoms with Crippen LogP contribution in [0.15, 0.2) is 36.7 Å². The molecule has 0 aliphatic rings. The van der Waals surface area contributed by atoms with Crippen LogP contribution in [0, 0.1) is 0 Å². The first-order valence-corrected chi connectivity index (χ1v) is 8.16. The minimum atomic E-state index is -1.17. The van der Waals surface area contributed by atoms with Crippen LogP contribution in [0.2, 0.25) is 0 Å². The monoisotopic (exact) mass is 330 g/mol. The fraction of sp³-hybridized carbons (Fsp3) is 0.444. The van der Waals surface area contributed by atoms with Crippen LogP contribution in [0.1, 0.15) is 43.5 Å². The van der Waals surface area contributed by atoms with Crippen molar-refractivity contribution >= 4 is 6.03 Å². The minimum Gasteiger partial charge on any atom is -0.383 e. The molecule has 1 heterocycles. The van der Waals surface area contributed by atoms with Crippen molar-refractivity contribution in [1.82, 2.24) is 20.4 Å². The SMILES string of the molecule is CCc1ccc(C(C)NC(=O)NCC(C)(O)c2cnn(C)c2)cc1. The largest absolute Gasteiger partial charge is 0.383 e. The predicted molar refractivity (Wildman–Crippen MR) is 93.5 cm³/mol. The average molecular weight is 330 g/mol. The highest BCUT2D eigenvalue weighted by Gasteiger charge is 2.25. The number of nitrogens with one attached hydrogen (secondary N) is 2. The van der Waals surface area contributed by atoms with Crippen LogP contribution in [0.25, 0.3) is 0 Å². The molecule has 2 amide bonds. The standard InChI is InChI=1S/C18H26N4O2/c1-5-14-6-8-15(9-7-14)13(2)21-17(23)19-12-18(3,24)16-10-20-22(4)11-16/h6-11,13,24H,5,12H2,1-4H3,(H2,19,21,23). The molecule has 6 nitrogen and oxygen atoms in total. The van der Waals surface area contributed by atoms with Crippen molar-refractivity contribution in [1.29, 1.82) is 0 Å². The van der Waals surface area contributed by atoms with Crippen LogP contribution in [0.3, 0.4) is 0 Å². The highest BCUT2D eigenvalue weighted by atomic mass is 16.3. The first-order valence-electron chi connectivity index (χ1n) is 8.16. The molecule has 130 valence electrons. The zero-order valence-corrected chi connectivity index (χ0v) is 14.7. The summed E-state index contributed by atoms with van der Waals surface area (Å²) < 4.78 is 1.62. The maximum absolute atomic E-state index is 12.1. The number of aromatic nitrogens is 2. The Labute approximate surface area is 142 Å². The van der Waals surface area contributed by atoms with Gasteiger partial charge in [0.25, 0.3) is 0 Å². The van der Waals surface area contributed by atoms with E-state index in [0.717, 1.165) is 12.0 Å². The highest BCUT2D eigenvalue weighted by molar-refractivity contribution is 5.74. The third kappa shape index (κ3) is 4.58. The maximum atomic E-state index is 12.1. The second-order valence-corrected chi connectivity index (χ2v) is 6.32. The smallest absolute Gasteiger partial charge is 0.315 e. The van der Waals surface area contributed by atoms with Crippen LogP contribution >= 0.6 is 0 Å². The summed E-state index contributed by atoms with van der Waals surface area (Å²) in [6, 6.07) is 7.76. The van der Waals surface area contributed by atoms with Gasteiger partial charge in [-0.15, -0.1) is 0 Å². The van der Waals surface area contributed by atoms with Gasteiger partial charge in [-0.1, -0.05) is 31.2 Å². The normalized spacial score (nSPS) is 14.7. The molecule has 3 N–H and O–H groups in total. The number of aryl methyl sites for hydroxylation is 2. The van der Waals surface area contributed by atoms with Gasteiger partial charge in [0, 0.05) is 18.8 Å². The quantitative estimate of drug-likeness (QED) is 0.760. The van der Waals surface area contributed by atoms with Crippen LogP contribution in [-0.2, 0) is 19.1 Å². The summed E-state index contributed by atoms with van der Waals surface area (Å²) in [5, 5.41) is 20.1. The zero-order chi connectivity index (χ0) is 17.7. The van der Waals surface area contributed by atoms with E-state index in [4.69, 9.17) is 0 Å². The molecule has 24 heavy (non-hydrogen) atoms. The number of nitrogens with zero attached hydrogens (tertiary/aromatic N) is 2. The third-order valence-electron chi connectivity index (χ3n) is 4.16. The van der Waals surface area contributed by atoms with Gasteiger partial charge in [0.1, 0.15) is 5.60 Å². The summed E-state index contributed by atoms with van der Waals surface area (Å²) in [6.07, 6.45) is 4.32. The molecule has 1 aromatic heterocycles. The topological polar surface area (TPSA) is 79.2 Å². The van der Waals surface area contributed by atoms with Gasteiger partial charge in [-0.25, -0.2) is 4.79 Å². The Hall–Kier alpha value is -2.34. The fourth-order valence-electron chi connectivity index (χ4n) is 2.43. The molecule has 6 heteroatoms. The molecular formula is C18H26N4O2. The van der Waals surface area contributed by atoms with Gasteiger partial charge in [-0.05, 0) is 31.4 Å². The van der Waals surface area contributed by atoms with Crippen molar-refractivity contribution in [3.63, 3.8) is 0 Å². The number of hydrogen-bond acceptors (Lipinski definition) is 3. The molecule has 0 bridgehead atoms. The van der Waals surface area contributed by atoms with E-state index in [1.54, 1.807) is 31.0 Å². The number of hydrogen-bond donors (Lipinski definition) is 3. The van der Waals surface area contributed by atoms with Crippen molar-refractivity contribution in [2.24, 2.45) is 7.05 Å². The van der Waals surface area contributed by atoms with Crippen LogP contribution in [0.5, 0.6) is 0 Å². The van der Waals surface area contributed by atoms with Gasteiger partial charge in [0.15, 0.2) is 0 Å². The highest BCUT2D eigenvalue weighted by Crippen LogP contribution is 2.18. The van der Waals surface area contributed by atoms with Crippen molar-refractivity contribution in [3.05, 3.63) is 53.3 Å². The number of carbonyl (C=O) groups excluding carboxylic acids is 1. The van der Waals surface area contributed by atoms with Crippen LogP contribution < -0.4 is 10.6 Å². The lowest BCUT2D eigenvalue weighted by Crippen LogP contribution is -2.44. The average Bonchev–Trinajstić information content (AvgIpc) is 3.00. The molecule has 2 rings (SSSR count). The first kappa shape index (κ1) is 18.0. The molecule has 0 spiro atoms. The summed E-state index contributed by atoms with van der Waals surface area (Å²) in [6.45, 7) is 5.79. The molecule has 2 aromatic rings. The Kier molecular flexibility index (Phi) is 5.62. The Morgan fingerprint density at radius 3 is 2.58 bits per heavy atom. The molecule has 0 fully saturated rings. The van der Waals surface area contributed by atoms with Gasteiger partial charge in [-0.2, -0.15) is 5.10 Å². The van der Waals surface area contributed by atoms with Crippen LogP contribution in [-0.4, -0.2) is 27.5 Å². The number of aliphatic hydroxyl groups is 1. The molecule has 0 aliphatic carbocycles. The van der Waals surface area contributed by atoms with Crippen molar-refractivity contribution in [3.8, 4) is 0 Å². The van der Waals surface area contributed by atoms with E-state index in [1.165, 1.54) is 5.56 Å². The number of carbonyl (C=O) groups is 1. The molecule has 2 atom stereocenters. The summed E-state index contributed by atoms with van der Waals surface area (Å²) in [4.78, 5) is 12.1. The van der Waals surface area contributed by atoms with E-state index in [2.05, 4.69) is 34.8 Å². The van der Waals surface area contributed by atoms with E-state index in [0.29, 0.717) is 5.56 Å². The number of benzene rings is 1. The summed E-state index contributed by atoms with van der Waals surface area (Å²) in [7, 11) is 1.78. The summed E-state index contributed by atoms with van der Waals surface area (Å²) in [5.74, 6) is 0. The van der Waals surface area contributed by atoms with E-state index in [-0.39, 0.29) is 18.6 Å². The van der Waals surface area contributed by atoms with Crippen molar-refractivity contribution in [2.75, 3.05) is 6.54 Å². The number of amides is 2. The van der Waals surface area contributed by atoms with Gasteiger partial charge in [-0.3, -0.25) is 4.68 Å². The zero-order valence-electron chi connectivity index (χ0n) is 14.7. The molecule has 1 aromatic carbocycles. The molecule has 0 radical (unpaired) electrons. The Morgan fingerprint density at radius 2 is 2.04 bits per heavy atom. The van der Waals surface area contributed by atoms with E-state index >= 15 is 0 Å². The third-order valence-corrected chi connectivity index (χ3v) is 4.16. The minimum absolute atomic E-state index is 0.103. The molecule has 2 unspecified atom stereocenters. The van der Waals surface area contributed by atoms with Gasteiger partial charge in [0.2, 0.25) is 0 Å². The van der Waals surface area contributed by atoms with E-state index < -0.39 is 5.60 Å². The lowest BCUT2D eigenvalue weighted by Gasteiger charge is -2.23. The maximum Gasteiger partial charge on any atom is 0.315 e. The second kappa shape index (κ2) is 7.49. The van der Waals surface area contributed by atoms with Gasteiger partial charge >= 0.3 is 6.03 Å². The lowest BCUT2D eigenvalue weighted by atomic mass is 10.00. The second-order valence-electron chi connectivity index (χ2n) is 6.32. The molecular weight excluding hydrogens is 304 g/mol. The van der Waals surface area contributed by atoms with E-state index in [1.807, 2.05) is 19.1 Å². The summed E-state index contributed by atoms with van der Waals surface area (Å²) >= 11 is 0. The fourth-order valence-corrected chi connectivity index (χ4v) is 2.43. The van der Waals surface area contributed by atoms with Crippen LogP contribution in [0.4, 0.5) is 4.79 Å². The molecule has 0 saturated heterocycles. The Bertz CT molecular complexity index is 677. The summed E-state index contributed by atoms with van der Waals surface area (Å²) in [5.41, 5.74) is 1.80. The number of rotatable bonds is 6. The Balaban J connectivity index is 1.88. The molecule has 0 saturated carbocycles. The predicted octanol–water partition coefficient (Wildman–Crippen LogP) is 2.25. The number of urea groups is 1. The Morgan fingerprint density at radius 1 is 1.38 bits per heavy atom. The molecule has 0 aliphatic heterocycles. The first-order chi connectivity index (χ1) is 11.3. The van der Waals surface area contributed by atoms with Gasteiger partial charge < -0.3 is 15.7 Å². The lowest BCUT2D eigenvalue weighted by molar-refractivity contribution is 0.0592. The van der Waals surface area contributed by atoms with Crippen molar-refractivity contribution < 1.29 is 9.90 Å².